The minimum atomic E-state index is -0.459. The zero-order chi connectivity index (χ0) is 14.7. The number of hydrogen-bond acceptors (Lipinski definition) is 3. The zero-order valence-electron chi connectivity index (χ0n) is 12.0. The third-order valence-electron chi connectivity index (χ3n) is 3.49. The summed E-state index contributed by atoms with van der Waals surface area (Å²) >= 11 is 0. The van der Waals surface area contributed by atoms with Crippen molar-refractivity contribution in [3.8, 4) is 11.3 Å². The average molecular weight is 269 g/mol. The summed E-state index contributed by atoms with van der Waals surface area (Å²) in [6.07, 6.45) is 1.51. The number of nitrogens with two attached hydrogens (primary N) is 1. The van der Waals surface area contributed by atoms with Gasteiger partial charge in [-0.05, 0) is 44.8 Å². The van der Waals surface area contributed by atoms with E-state index in [4.69, 9.17) is 5.73 Å². The maximum absolute atomic E-state index is 11.0. The molecule has 0 aliphatic carbocycles. The van der Waals surface area contributed by atoms with Crippen molar-refractivity contribution in [3.63, 3.8) is 0 Å². The molecule has 1 aromatic carbocycles. The first kappa shape index (κ1) is 14.2. The summed E-state index contributed by atoms with van der Waals surface area (Å²) in [6.45, 7) is 2.16. The fraction of sp³-hybridized carbons (Fsp3) is 0.250. The second kappa shape index (κ2) is 5.84. The Labute approximate surface area is 119 Å². The highest BCUT2D eigenvalue weighted by molar-refractivity contribution is 5.92. The van der Waals surface area contributed by atoms with E-state index in [0.717, 1.165) is 11.3 Å². The Bertz CT molecular complexity index is 605. The van der Waals surface area contributed by atoms with Crippen molar-refractivity contribution < 1.29 is 4.79 Å². The lowest BCUT2D eigenvalue weighted by molar-refractivity contribution is 0.1000. The van der Waals surface area contributed by atoms with Gasteiger partial charge in [-0.25, -0.2) is 0 Å². The molecule has 2 N–H and O–H groups in total. The minimum Gasteiger partial charge on any atom is -0.366 e. The number of aromatic nitrogens is 1. The van der Waals surface area contributed by atoms with E-state index >= 15 is 0 Å². The van der Waals surface area contributed by atoms with Crippen molar-refractivity contribution in [2.75, 3.05) is 14.1 Å². The summed E-state index contributed by atoms with van der Waals surface area (Å²) in [7, 11) is 4.11. The third-order valence-corrected chi connectivity index (χ3v) is 3.49. The molecule has 20 heavy (non-hydrogen) atoms. The molecule has 0 saturated carbocycles. The number of hydrogen-bond donors (Lipinski definition) is 1. The normalized spacial score (nSPS) is 12.4. The zero-order valence-corrected chi connectivity index (χ0v) is 12.0. The Hall–Kier alpha value is -2.20. The highest BCUT2D eigenvalue weighted by Gasteiger charge is 2.09. The topological polar surface area (TPSA) is 59.2 Å². The van der Waals surface area contributed by atoms with E-state index in [0.29, 0.717) is 11.6 Å². The molecule has 2 aromatic rings. The van der Waals surface area contributed by atoms with Gasteiger partial charge in [-0.2, -0.15) is 0 Å². The number of amides is 1. The Morgan fingerprint density at radius 1 is 1.25 bits per heavy atom. The van der Waals surface area contributed by atoms with Gasteiger partial charge in [0.2, 0.25) is 5.91 Å². The van der Waals surface area contributed by atoms with Gasteiger partial charge in [0.05, 0.1) is 11.3 Å². The molecule has 2 rings (SSSR count). The van der Waals surface area contributed by atoms with Crippen molar-refractivity contribution in [1.29, 1.82) is 0 Å². The Morgan fingerprint density at radius 2 is 2.00 bits per heavy atom. The van der Waals surface area contributed by atoms with Crippen LogP contribution in [-0.2, 0) is 0 Å². The maximum atomic E-state index is 11.0. The second-order valence-electron chi connectivity index (χ2n) is 5.06. The lowest BCUT2D eigenvalue weighted by Gasteiger charge is -2.20. The number of carbonyl (C=O) groups excluding carboxylic acids is 1. The highest BCUT2D eigenvalue weighted by Crippen LogP contribution is 2.23. The molecule has 1 heterocycles. The summed E-state index contributed by atoms with van der Waals surface area (Å²) < 4.78 is 0. The van der Waals surface area contributed by atoms with Crippen LogP contribution in [0.15, 0.2) is 42.6 Å². The van der Waals surface area contributed by atoms with Crippen LogP contribution < -0.4 is 5.73 Å². The molecule has 0 fully saturated rings. The van der Waals surface area contributed by atoms with Crippen LogP contribution in [0.4, 0.5) is 0 Å². The van der Waals surface area contributed by atoms with Crippen molar-refractivity contribution >= 4 is 5.91 Å². The van der Waals surface area contributed by atoms with Crippen LogP contribution in [0.2, 0.25) is 0 Å². The molecule has 0 saturated heterocycles. The first-order valence-corrected chi connectivity index (χ1v) is 6.51. The fourth-order valence-corrected chi connectivity index (χ4v) is 1.97. The lowest BCUT2D eigenvalue weighted by Crippen LogP contribution is -2.16. The quantitative estimate of drug-likeness (QED) is 0.927. The molecule has 1 unspecified atom stereocenters. The van der Waals surface area contributed by atoms with Crippen LogP contribution in [0.1, 0.15) is 28.9 Å². The Morgan fingerprint density at radius 3 is 2.55 bits per heavy atom. The molecule has 0 aliphatic rings. The van der Waals surface area contributed by atoms with Gasteiger partial charge < -0.3 is 10.6 Å². The van der Waals surface area contributed by atoms with E-state index in [1.807, 2.05) is 18.2 Å². The first-order chi connectivity index (χ1) is 9.49. The molecular weight excluding hydrogens is 250 g/mol. The lowest BCUT2D eigenvalue weighted by atomic mass is 10.0. The van der Waals surface area contributed by atoms with Crippen LogP contribution in [0, 0.1) is 0 Å². The Balaban J connectivity index is 2.33. The molecule has 4 nitrogen and oxygen atoms in total. The van der Waals surface area contributed by atoms with E-state index in [-0.39, 0.29) is 0 Å². The van der Waals surface area contributed by atoms with Crippen LogP contribution >= 0.6 is 0 Å². The van der Waals surface area contributed by atoms with Gasteiger partial charge in [0.1, 0.15) is 0 Å². The second-order valence-corrected chi connectivity index (χ2v) is 5.06. The number of rotatable bonds is 4. The highest BCUT2D eigenvalue weighted by atomic mass is 16.1. The molecule has 0 radical (unpaired) electrons. The summed E-state index contributed by atoms with van der Waals surface area (Å²) in [5.41, 5.74) is 8.74. The SMILES string of the molecule is CC(c1cccc(-c2ccc(C(N)=O)cn2)c1)N(C)C. The molecule has 1 atom stereocenters. The number of carbonyl (C=O) groups is 1. The van der Waals surface area contributed by atoms with Crippen LogP contribution in [0.3, 0.4) is 0 Å². The number of benzene rings is 1. The van der Waals surface area contributed by atoms with Gasteiger partial charge in [0, 0.05) is 17.8 Å². The number of nitrogens with zero attached hydrogens (tertiary/aromatic N) is 2. The molecule has 104 valence electrons. The van der Waals surface area contributed by atoms with Crippen LogP contribution in [0.5, 0.6) is 0 Å². The molecule has 0 spiro atoms. The van der Waals surface area contributed by atoms with Gasteiger partial charge in [0.15, 0.2) is 0 Å². The smallest absolute Gasteiger partial charge is 0.250 e. The number of pyridine rings is 1. The van der Waals surface area contributed by atoms with E-state index in [2.05, 4.69) is 43.0 Å². The summed E-state index contributed by atoms with van der Waals surface area (Å²) in [4.78, 5) is 17.5. The summed E-state index contributed by atoms with van der Waals surface area (Å²) in [5, 5.41) is 0. The standard InChI is InChI=1S/C16H19N3O/c1-11(19(2)3)12-5-4-6-13(9-12)15-8-7-14(10-18-15)16(17)20/h4-11H,1-3H3,(H2,17,20). The van der Waals surface area contributed by atoms with Gasteiger partial charge in [-0.15, -0.1) is 0 Å². The van der Waals surface area contributed by atoms with Gasteiger partial charge >= 0.3 is 0 Å². The molecule has 4 heteroatoms. The third kappa shape index (κ3) is 3.03. The average Bonchev–Trinajstić information content (AvgIpc) is 2.46. The summed E-state index contributed by atoms with van der Waals surface area (Å²) in [5.74, 6) is -0.459. The monoisotopic (exact) mass is 269 g/mol. The van der Waals surface area contributed by atoms with E-state index < -0.39 is 5.91 Å². The largest absolute Gasteiger partial charge is 0.366 e. The molecule has 0 bridgehead atoms. The number of primary amides is 1. The van der Waals surface area contributed by atoms with Gasteiger partial charge in [-0.1, -0.05) is 18.2 Å². The van der Waals surface area contributed by atoms with Crippen molar-refractivity contribution in [3.05, 3.63) is 53.7 Å². The van der Waals surface area contributed by atoms with E-state index in [1.165, 1.54) is 11.8 Å². The first-order valence-electron chi connectivity index (χ1n) is 6.51. The molecular formula is C16H19N3O. The van der Waals surface area contributed by atoms with Crippen molar-refractivity contribution in [2.45, 2.75) is 13.0 Å². The van der Waals surface area contributed by atoms with Gasteiger partial charge in [-0.3, -0.25) is 9.78 Å². The predicted molar refractivity (Wildman–Crippen MR) is 80.3 cm³/mol. The van der Waals surface area contributed by atoms with Gasteiger partial charge in [0.25, 0.3) is 0 Å². The predicted octanol–water partition coefficient (Wildman–Crippen LogP) is 2.47. The maximum Gasteiger partial charge on any atom is 0.250 e. The van der Waals surface area contributed by atoms with Crippen LogP contribution in [0.25, 0.3) is 11.3 Å². The van der Waals surface area contributed by atoms with Crippen molar-refractivity contribution in [2.24, 2.45) is 5.73 Å². The van der Waals surface area contributed by atoms with Crippen LogP contribution in [-0.4, -0.2) is 29.9 Å². The summed E-state index contributed by atoms with van der Waals surface area (Å²) in [6, 6.07) is 12.1. The van der Waals surface area contributed by atoms with Crippen molar-refractivity contribution in [1.82, 2.24) is 9.88 Å². The molecule has 0 aliphatic heterocycles. The van der Waals surface area contributed by atoms with E-state index in [1.54, 1.807) is 6.07 Å². The molecule has 1 amide bonds. The van der Waals surface area contributed by atoms with E-state index in [9.17, 15) is 4.79 Å². The molecule has 1 aromatic heterocycles. The fourth-order valence-electron chi connectivity index (χ4n) is 1.97. The Kier molecular flexibility index (Phi) is 4.15. The minimum absolute atomic E-state index is 0.333.